The van der Waals surface area contributed by atoms with Crippen molar-refractivity contribution in [2.75, 3.05) is 0 Å². The average Bonchev–Trinajstić information content (AvgIpc) is 1.71. The summed E-state index contributed by atoms with van der Waals surface area (Å²) in [6, 6.07) is 95.9. The fourth-order valence-corrected chi connectivity index (χ4v) is 13.3. The van der Waals surface area contributed by atoms with Gasteiger partial charge in [0.25, 0.3) is 0 Å². The summed E-state index contributed by atoms with van der Waals surface area (Å²) in [6.45, 7) is 0. The van der Waals surface area contributed by atoms with Gasteiger partial charge in [0.05, 0.1) is 21.3 Å². The molecule has 11 aromatic carbocycles. The van der Waals surface area contributed by atoms with Crippen LogP contribution in [0.5, 0.6) is 0 Å². The van der Waals surface area contributed by atoms with Gasteiger partial charge >= 0.3 is 0 Å². The number of fused-ring (bicyclic) bond motifs is 8. The molecule has 6 heterocycles. The Morgan fingerprint density at radius 3 is 1.24 bits per heavy atom. The topological polar surface area (TPSA) is 116 Å². The van der Waals surface area contributed by atoms with Crippen LogP contribution in [0.4, 0.5) is 0 Å². The average molecular weight is 1140 g/mol. The number of thiophene rings is 1. The molecule has 17 rings (SSSR count). The van der Waals surface area contributed by atoms with E-state index in [1.54, 1.807) is 11.3 Å². The Morgan fingerprint density at radius 1 is 0.261 bits per heavy atom. The Labute approximate surface area is 508 Å². The van der Waals surface area contributed by atoms with E-state index < -0.39 is 0 Å². The zero-order chi connectivity index (χ0) is 58.1. The zero-order valence-corrected chi connectivity index (χ0v) is 47.8. The second-order valence-corrected chi connectivity index (χ2v) is 22.8. The lowest BCUT2D eigenvalue weighted by molar-refractivity contribution is 0.670. The summed E-state index contributed by atoms with van der Waals surface area (Å²) in [6.07, 6.45) is 0. The van der Waals surface area contributed by atoms with E-state index >= 15 is 0 Å². The minimum absolute atomic E-state index is 0.553. The van der Waals surface area contributed by atoms with Crippen LogP contribution in [0.15, 0.2) is 283 Å². The zero-order valence-electron chi connectivity index (χ0n) is 47.0. The number of hydrogen-bond donors (Lipinski definition) is 0. The lowest BCUT2D eigenvalue weighted by Gasteiger charge is -2.12. The molecule has 88 heavy (non-hydrogen) atoms. The van der Waals surface area contributed by atoms with Crippen LogP contribution < -0.4 is 0 Å². The smallest absolute Gasteiger partial charge is 0.166 e. The van der Waals surface area contributed by atoms with Crippen molar-refractivity contribution in [2.24, 2.45) is 0 Å². The van der Waals surface area contributed by atoms with Crippen molar-refractivity contribution in [3.05, 3.63) is 279 Å². The molecule has 0 atom stereocenters. The van der Waals surface area contributed by atoms with Gasteiger partial charge < -0.3 is 4.42 Å². The Morgan fingerprint density at radius 2 is 0.659 bits per heavy atom. The molecule has 6 aromatic heterocycles. The monoisotopic (exact) mass is 1140 g/mol. The third kappa shape index (κ3) is 8.94. The molecule has 0 unspecified atom stereocenters. The molecule has 0 saturated carbocycles. The van der Waals surface area contributed by atoms with Crippen LogP contribution in [-0.2, 0) is 0 Å². The van der Waals surface area contributed by atoms with E-state index in [9.17, 15) is 0 Å². The Hall–Kier alpha value is -11.7. The third-order valence-electron chi connectivity index (χ3n) is 16.4. The lowest BCUT2D eigenvalue weighted by Crippen LogP contribution is -2.01. The molecule has 0 aliphatic rings. The first-order valence-electron chi connectivity index (χ1n) is 29.1. The molecule has 0 aliphatic carbocycles. The van der Waals surface area contributed by atoms with Gasteiger partial charge in [-0.1, -0.05) is 243 Å². The number of nitrogens with zero attached hydrogens (tertiary/aromatic N) is 8. The molecule has 0 amide bonds. The van der Waals surface area contributed by atoms with Gasteiger partial charge in [-0.15, -0.1) is 11.3 Å². The van der Waals surface area contributed by atoms with E-state index in [0.29, 0.717) is 34.9 Å². The van der Waals surface area contributed by atoms with Crippen LogP contribution in [0.1, 0.15) is 0 Å². The van der Waals surface area contributed by atoms with Gasteiger partial charge in [0.2, 0.25) is 0 Å². The first-order chi connectivity index (χ1) is 43.6. The minimum atomic E-state index is 0.553. The van der Waals surface area contributed by atoms with E-state index in [2.05, 4.69) is 200 Å². The van der Waals surface area contributed by atoms with Crippen LogP contribution in [0, 0.1) is 0 Å². The molecule has 0 radical (unpaired) electrons. The molecule has 0 N–H and O–H groups in total. The molecule has 0 saturated heterocycles. The predicted molar refractivity (Wildman–Crippen MR) is 358 cm³/mol. The molecule has 0 fully saturated rings. The van der Waals surface area contributed by atoms with Crippen molar-refractivity contribution in [3.8, 4) is 113 Å². The molecule has 410 valence electrons. The summed E-state index contributed by atoms with van der Waals surface area (Å²) in [7, 11) is 0. The van der Waals surface area contributed by atoms with Crippen molar-refractivity contribution < 1.29 is 4.42 Å². The lowest BCUT2D eigenvalue weighted by atomic mass is 9.97. The normalized spacial score (nSPS) is 11.6. The van der Waals surface area contributed by atoms with Crippen LogP contribution >= 0.6 is 11.3 Å². The maximum Gasteiger partial charge on any atom is 0.166 e. The maximum absolute atomic E-state index is 6.62. The molecule has 0 spiro atoms. The van der Waals surface area contributed by atoms with Gasteiger partial charge in [-0.3, -0.25) is 0 Å². The van der Waals surface area contributed by atoms with Crippen molar-refractivity contribution in [3.63, 3.8) is 0 Å². The summed E-state index contributed by atoms with van der Waals surface area (Å²) < 4.78 is 8.71. The molecule has 17 aromatic rings. The molecular weight excluding hydrogens is 1100 g/mol. The Kier molecular flexibility index (Phi) is 12.2. The van der Waals surface area contributed by atoms with E-state index in [1.165, 1.54) is 0 Å². The standard InChI is InChI=1S/C78H46N8OS/c1-4-18-47(19-5-1)49-34-40-53(41-35-49)75-82-76(54-42-36-50(37-43-54)48-20-6-2-7-21-48)86-78(85-75)68-60-27-11-14-31-63(60)80-70-67-58(29-17-33-65(67)88-72(68)70)51-38-44-55(45-39-51)74-81-73(52-22-8-3-9-23-52)83-77(84-74)57-25-16-24-56(46-57)66-59-26-10-13-30-62(59)79-69-61-28-12-15-32-64(61)87-71(66)69/h1-46H. The highest BCUT2D eigenvalue weighted by atomic mass is 32.1. The molecular formula is C78H46N8OS. The number of para-hydroxylation sites is 3. The molecule has 9 nitrogen and oxygen atoms in total. The van der Waals surface area contributed by atoms with Gasteiger partial charge in [0.1, 0.15) is 11.1 Å². The van der Waals surface area contributed by atoms with Crippen molar-refractivity contribution >= 4 is 75.5 Å². The number of benzene rings is 11. The summed E-state index contributed by atoms with van der Waals surface area (Å²) in [5.41, 5.74) is 18.8. The van der Waals surface area contributed by atoms with Crippen molar-refractivity contribution in [1.29, 1.82) is 0 Å². The van der Waals surface area contributed by atoms with E-state index in [1.807, 2.05) is 78.9 Å². The minimum Gasteiger partial charge on any atom is -0.454 e. The summed E-state index contributed by atoms with van der Waals surface area (Å²) in [5.74, 6) is 3.43. The van der Waals surface area contributed by atoms with Crippen molar-refractivity contribution in [1.82, 2.24) is 39.9 Å². The second kappa shape index (κ2) is 21.1. The van der Waals surface area contributed by atoms with E-state index in [4.69, 9.17) is 44.3 Å². The number of aromatic nitrogens is 8. The predicted octanol–water partition coefficient (Wildman–Crippen LogP) is 20.1. The number of pyridine rings is 2. The highest BCUT2D eigenvalue weighted by Gasteiger charge is 2.24. The largest absolute Gasteiger partial charge is 0.454 e. The first-order valence-corrected chi connectivity index (χ1v) is 30.0. The van der Waals surface area contributed by atoms with Crippen LogP contribution in [0.25, 0.3) is 177 Å². The van der Waals surface area contributed by atoms with E-state index in [0.717, 1.165) is 142 Å². The van der Waals surface area contributed by atoms with E-state index in [-0.39, 0.29) is 0 Å². The molecule has 10 heteroatoms. The second-order valence-electron chi connectivity index (χ2n) is 21.8. The SMILES string of the molecule is c1ccc(-c2ccc(-c3nc(-c4ccc(-c5ccccc5)cc4)nc(-c4c5ccccc5nc5c4sc4cccc(-c6ccc(-c7nc(-c8ccccc8)nc(-c8cccc(-c9c%10ccccc%10nc%10c9oc9ccccc9%10)c8)n7)cc6)c45)n3)cc2)cc1. The number of furan rings is 1. The quantitative estimate of drug-likeness (QED) is 0.132. The van der Waals surface area contributed by atoms with Crippen LogP contribution in [-0.4, -0.2) is 39.9 Å². The van der Waals surface area contributed by atoms with Gasteiger partial charge in [-0.25, -0.2) is 39.9 Å². The summed E-state index contributed by atoms with van der Waals surface area (Å²) in [5, 5.41) is 3.99. The molecule has 0 bridgehead atoms. The highest BCUT2D eigenvalue weighted by molar-refractivity contribution is 7.26. The number of rotatable bonds is 10. The Bertz CT molecular complexity index is 5440. The van der Waals surface area contributed by atoms with Crippen LogP contribution in [0.2, 0.25) is 0 Å². The van der Waals surface area contributed by atoms with Crippen molar-refractivity contribution in [2.45, 2.75) is 0 Å². The first kappa shape index (κ1) is 50.8. The Balaban J connectivity index is 0.782. The van der Waals surface area contributed by atoms with Gasteiger partial charge in [0.15, 0.2) is 40.5 Å². The third-order valence-corrected chi connectivity index (χ3v) is 17.6. The highest BCUT2D eigenvalue weighted by Crippen LogP contribution is 2.46. The van der Waals surface area contributed by atoms with Gasteiger partial charge in [-0.05, 0) is 75.3 Å². The summed E-state index contributed by atoms with van der Waals surface area (Å²) >= 11 is 1.71. The molecule has 0 aliphatic heterocycles. The summed E-state index contributed by atoms with van der Waals surface area (Å²) in [4.78, 5) is 42.1. The van der Waals surface area contributed by atoms with Crippen LogP contribution in [0.3, 0.4) is 0 Å². The fraction of sp³-hybridized carbons (Fsp3) is 0. The fourth-order valence-electron chi connectivity index (χ4n) is 12.1. The van der Waals surface area contributed by atoms with Gasteiger partial charge in [0, 0.05) is 65.2 Å². The maximum atomic E-state index is 6.62. The van der Waals surface area contributed by atoms with Gasteiger partial charge in [-0.2, -0.15) is 0 Å². The number of hydrogen-bond acceptors (Lipinski definition) is 10.